The molecule has 0 fully saturated rings. The molecule has 0 amide bonds. The first kappa shape index (κ1) is 9.12. The number of rotatable bonds is 4. The summed E-state index contributed by atoms with van der Waals surface area (Å²) in [6.07, 6.45) is 2.94. The molecule has 1 aromatic rings. The van der Waals surface area contributed by atoms with Gasteiger partial charge in [-0.05, 0) is 6.07 Å². The predicted octanol–water partition coefficient (Wildman–Crippen LogP) is 0.867. The Labute approximate surface area is 69.2 Å². The molecular formula is C7H11F2N3. The molecule has 0 aromatic carbocycles. The van der Waals surface area contributed by atoms with E-state index in [2.05, 4.69) is 5.10 Å². The van der Waals surface area contributed by atoms with Gasteiger partial charge >= 0.3 is 0 Å². The van der Waals surface area contributed by atoms with Crippen molar-refractivity contribution in [2.75, 3.05) is 6.54 Å². The zero-order chi connectivity index (χ0) is 9.03. The van der Waals surface area contributed by atoms with Crippen LogP contribution in [0.5, 0.6) is 0 Å². The van der Waals surface area contributed by atoms with Crippen LogP contribution in [0.1, 0.15) is 6.42 Å². The lowest BCUT2D eigenvalue weighted by Gasteiger charge is -2.12. The van der Waals surface area contributed by atoms with Gasteiger partial charge in [-0.2, -0.15) is 5.10 Å². The van der Waals surface area contributed by atoms with Gasteiger partial charge in [0.1, 0.15) is 0 Å². The molecule has 0 atom stereocenters. The van der Waals surface area contributed by atoms with Crippen LogP contribution in [0.2, 0.25) is 0 Å². The van der Waals surface area contributed by atoms with Gasteiger partial charge in [-0.3, -0.25) is 4.68 Å². The molecule has 0 unspecified atom stereocenters. The van der Waals surface area contributed by atoms with Crippen LogP contribution in [-0.2, 0) is 6.54 Å². The van der Waals surface area contributed by atoms with Crippen LogP contribution in [0.4, 0.5) is 8.78 Å². The lowest BCUT2D eigenvalue weighted by atomic mass is 10.2. The van der Waals surface area contributed by atoms with E-state index >= 15 is 0 Å². The summed E-state index contributed by atoms with van der Waals surface area (Å²) in [5.41, 5.74) is 4.87. The predicted molar refractivity (Wildman–Crippen MR) is 40.8 cm³/mol. The molecule has 3 nitrogen and oxygen atoms in total. The summed E-state index contributed by atoms with van der Waals surface area (Å²) in [4.78, 5) is 0. The zero-order valence-corrected chi connectivity index (χ0v) is 6.58. The Balaban J connectivity index is 2.36. The first-order valence-corrected chi connectivity index (χ1v) is 3.69. The smallest absolute Gasteiger partial charge is 0.261 e. The molecular weight excluding hydrogens is 164 g/mol. The van der Waals surface area contributed by atoms with Crippen LogP contribution in [0.3, 0.4) is 0 Å². The highest BCUT2D eigenvalue weighted by Gasteiger charge is 2.25. The van der Waals surface area contributed by atoms with E-state index in [1.807, 2.05) is 0 Å². The summed E-state index contributed by atoms with van der Waals surface area (Å²) in [5, 5.41) is 3.80. The molecule has 0 bridgehead atoms. The molecule has 0 saturated carbocycles. The number of hydrogen-bond acceptors (Lipinski definition) is 2. The number of aromatic nitrogens is 2. The van der Waals surface area contributed by atoms with Gasteiger partial charge in [0.2, 0.25) is 0 Å². The van der Waals surface area contributed by atoms with Crippen molar-refractivity contribution in [3.05, 3.63) is 18.5 Å². The number of alkyl halides is 2. The molecule has 0 aliphatic rings. The molecule has 2 N–H and O–H groups in total. The quantitative estimate of drug-likeness (QED) is 0.737. The van der Waals surface area contributed by atoms with Crippen LogP contribution in [0.15, 0.2) is 18.5 Å². The SMILES string of the molecule is NCC(F)(F)CCn1cccn1. The van der Waals surface area contributed by atoms with E-state index in [9.17, 15) is 8.78 Å². The summed E-state index contributed by atoms with van der Waals surface area (Å²) >= 11 is 0. The van der Waals surface area contributed by atoms with E-state index < -0.39 is 12.5 Å². The Morgan fingerprint density at radius 1 is 1.50 bits per heavy atom. The van der Waals surface area contributed by atoms with Gasteiger partial charge in [-0.25, -0.2) is 8.78 Å². The number of hydrogen-bond donors (Lipinski definition) is 1. The molecule has 12 heavy (non-hydrogen) atoms. The van der Waals surface area contributed by atoms with Crippen LogP contribution >= 0.6 is 0 Å². The average molecular weight is 175 g/mol. The van der Waals surface area contributed by atoms with Crippen molar-refractivity contribution < 1.29 is 8.78 Å². The van der Waals surface area contributed by atoms with Crippen molar-refractivity contribution in [3.63, 3.8) is 0 Å². The van der Waals surface area contributed by atoms with E-state index in [-0.39, 0.29) is 13.0 Å². The summed E-state index contributed by atoms with van der Waals surface area (Å²) in [6.45, 7) is -0.397. The van der Waals surface area contributed by atoms with Crippen molar-refractivity contribution in [2.45, 2.75) is 18.9 Å². The molecule has 68 valence electrons. The zero-order valence-electron chi connectivity index (χ0n) is 6.58. The third kappa shape index (κ3) is 2.58. The van der Waals surface area contributed by atoms with E-state index in [1.165, 1.54) is 4.68 Å². The topological polar surface area (TPSA) is 43.8 Å². The van der Waals surface area contributed by atoms with Crippen molar-refractivity contribution >= 4 is 0 Å². The Bertz CT molecular complexity index is 221. The molecule has 1 heterocycles. The van der Waals surface area contributed by atoms with Gasteiger partial charge in [-0.1, -0.05) is 0 Å². The molecule has 1 rings (SSSR count). The maximum absolute atomic E-state index is 12.6. The van der Waals surface area contributed by atoms with E-state index in [4.69, 9.17) is 5.73 Å². The fraction of sp³-hybridized carbons (Fsp3) is 0.571. The highest BCUT2D eigenvalue weighted by Crippen LogP contribution is 2.16. The van der Waals surface area contributed by atoms with E-state index in [0.717, 1.165) is 0 Å². The Morgan fingerprint density at radius 3 is 2.75 bits per heavy atom. The second-order valence-electron chi connectivity index (χ2n) is 2.58. The standard InChI is InChI=1S/C7H11F2N3/c8-7(9,6-10)2-5-12-4-1-3-11-12/h1,3-4H,2,5-6,10H2. The number of nitrogens with zero attached hydrogens (tertiary/aromatic N) is 2. The maximum atomic E-state index is 12.6. The van der Waals surface area contributed by atoms with Gasteiger partial charge in [0, 0.05) is 25.4 Å². The van der Waals surface area contributed by atoms with Gasteiger partial charge in [0.15, 0.2) is 0 Å². The van der Waals surface area contributed by atoms with Crippen molar-refractivity contribution in [2.24, 2.45) is 5.73 Å². The summed E-state index contributed by atoms with van der Waals surface area (Å²) in [6, 6.07) is 1.70. The molecule has 0 aliphatic heterocycles. The van der Waals surface area contributed by atoms with Crippen LogP contribution in [0.25, 0.3) is 0 Å². The lowest BCUT2D eigenvalue weighted by Crippen LogP contribution is -2.29. The third-order valence-corrected chi connectivity index (χ3v) is 1.56. The van der Waals surface area contributed by atoms with Crippen LogP contribution < -0.4 is 5.73 Å². The van der Waals surface area contributed by atoms with Crippen molar-refractivity contribution in [1.82, 2.24) is 9.78 Å². The number of nitrogens with two attached hydrogens (primary N) is 1. The first-order valence-electron chi connectivity index (χ1n) is 3.69. The Hall–Kier alpha value is -0.970. The highest BCUT2D eigenvalue weighted by atomic mass is 19.3. The monoisotopic (exact) mass is 175 g/mol. The first-order chi connectivity index (χ1) is 5.64. The van der Waals surface area contributed by atoms with Crippen LogP contribution in [-0.4, -0.2) is 22.2 Å². The Kier molecular flexibility index (Phi) is 2.75. The van der Waals surface area contributed by atoms with Crippen molar-refractivity contribution in [1.29, 1.82) is 0 Å². The van der Waals surface area contributed by atoms with Crippen molar-refractivity contribution in [3.8, 4) is 0 Å². The van der Waals surface area contributed by atoms with Gasteiger partial charge < -0.3 is 5.73 Å². The van der Waals surface area contributed by atoms with Gasteiger partial charge in [0.25, 0.3) is 5.92 Å². The minimum atomic E-state index is -2.77. The molecule has 5 heteroatoms. The maximum Gasteiger partial charge on any atom is 0.261 e. The van der Waals surface area contributed by atoms with E-state index in [1.54, 1.807) is 18.5 Å². The number of halogens is 2. The normalized spacial score (nSPS) is 11.9. The Morgan fingerprint density at radius 2 is 2.25 bits per heavy atom. The molecule has 0 aliphatic carbocycles. The third-order valence-electron chi connectivity index (χ3n) is 1.56. The largest absolute Gasteiger partial charge is 0.325 e. The van der Waals surface area contributed by atoms with Gasteiger partial charge in [-0.15, -0.1) is 0 Å². The molecule has 0 saturated heterocycles. The minimum Gasteiger partial charge on any atom is -0.325 e. The molecule has 1 aromatic heterocycles. The van der Waals surface area contributed by atoms with Crippen LogP contribution in [0, 0.1) is 0 Å². The second-order valence-corrected chi connectivity index (χ2v) is 2.58. The lowest BCUT2D eigenvalue weighted by molar-refractivity contribution is -0.00278. The van der Waals surface area contributed by atoms with Gasteiger partial charge in [0.05, 0.1) is 6.54 Å². The fourth-order valence-corrected chi connectivity index (χ4v) is 0.813. The summed E-state index contributed by atoms with van der Waals surface area (Å²) in [5.74, 6) is -2.77. The molecule has 0 spiro atoms. The fourth-order valence-electron chi connectivity index (χ4n) is 0.813. The van der Waals surface area contributed by atoms with E-state index in [0.29, 0.717) is 0 Å². The molecule has 0 radical (unpaired) electrons. The minimum absolute atomic E-state index is 0.206. The highest BCUT2D eigenvalue weighted by molar-refractivity contribution is 4.78. The average Bonchev–Trinajstić information content (AvgIpc) is 2.53. The summed E-state index contributed by atoms with van der Waals surface area (Å²) < 4.78 is 26.6. The number of aryl methyl sites for hydroxylation is 1. The summed E-state index contributed by atoms with van der Waals surface area (Å²) in [7, 11) is 0. The second kappa shape index (κ2) is 3.62.